The first-order valence-corrected chi connectivity index (χ1v) is 4.59. The van der Waals surface area contributed by atoms with Gasteiger partial charge in [-0.05, 0) is 13.8 Å². The third-order valence-electron chi connectivity index (χ3n) is 2.04. The van der Waals surface area contributed by atoms with Crippen molar-refractivity contribution in [1.82, 2.24) is 19.7 Å². The van der Waals surface area contributed by atoms with Gasteiger partial charge in [0.1, 0.15) is 0 Å². The Morgan fingerprint density at radius 1 is 1.47 bits per heavy atom. The molecular formula is C9H11N5O. The molecule has 0 aromatic carbocycles. The van der Waals surface area contributed by atoms with E-state index in [-0.39, 0.29) is 11.9 Å². The highest BCUT2D eigenvalue weighted by atomic mass is 16.1. The minimum atomic E-state index is -0.631. The average Bonchev–Trinajstić information content (AvgIpc) is 2.59. The first-order chi connectivity index (χ1) is 7.09. The van der Waals surface area contributed by atoms with E-state index in [9.17, 15) is 4.79 Å². The van der Waals surface area contributed by atoms with Gasteiger partial charge in [-0.2, -0.15) is 5.10 Å². The standard InChI is InChI=1S/C9H11N5O/c1-5(2)14-9-6(4-12-14)3-11-8(13-9)7(10)15/h3-5H,1-2H3,(H2,10,15). The van der Waals surface area contributed by atoms with Crippen LogP contribution in [-0.4, -0.2) is 25.7 Å². The summed E-state index contributed by atoms with van der Waals surface area (Å²) in [7, 11) is 0. The minimum Gasteiger partial charge on any atom is -0.363 e. The molecule has 0 aliphatic rings. The Balaban J connectivity index is 2.66. The van der Waals surface area contributed by atoms with Gasteiger partial charge in [0, 0.05) is 12.2 Å². The monoisotopic (exact) mass is 205 g/mol. The molecule has 0 atom stereocenters. The lowest BCUT2D eigenvalue weighted by molar-refractivity contribution is 0.0990. The fraction of sp³-hybridized carbons (Fsp3) is 0.333. The summed E-state index contributed by atoms with van der Waals surface area (Å²) in [6, 6.07) is 0.179. The molecule has 0 unspecified atom stereocenters. The van der Waals surface area contributed by atoms with Crippen molar-refractivity contribution in [3.05, 3.63) is 18.2 Å². The second kappa shape index (κ2) is 3.30. The Morgan fingerprint density at radius 3 is 2.80 bits per heavy atom. The predicted molar refractivity (Wildman–Crippen MR) is 54.2 cm³/mol. The number of rotatable bonds is 2. The van der Waals surface area contributed by atoms with Crippen molar-refractivity contribution < 1.29 is 4.79 Å². The molecule has 0 aliphatic heterocycles. The van der Waals surface area contributed by atoms with Crippen LogP contribution in [0.4, 0.5) is 0 Å². The van der Waals surface area contributed by atoms with Crippen molar-refractivity contribution in [3.63, 3.8) is 0 Å². The number of aromatic nitrogens is 4. The number of nitrogens with two attached hydrogens (primary N) is 1. The van der Waals surface area contributed by atoms with Gasteiger partial charge in [-0.1, -0.05) is 0 Å². The number of carbonyl (C=O) groups is 1. The fourth-order valence-electron chi connectivity index (χ4n) is 1.33. The van der Waals surface area contributed by atoms with E-state index >= 15 is 0 Å². The molecule has 0 radical (unpaired) electrons. The van der Waals surface area contributed by atoms with E-state index in [0.717, 1.165) is 5.39 Å². The number of primary amides is 1. The zero-order valence-corrected chi connectivity index (χ0v) is 8.51. The highest BCUT2D eigenvalue weighted by molar-refractivity contribution is 5.90. The van der Waals surface area contributed by atoms with Crippen LogP contribution >= 0.6 is 0 Å². The molecule has 2 heterocycles. The minimum absolute atomic E-state index is 0.0184. The van der Waals surface area contributed by atoms with Crippen molar-refractivity contribution in [2.24, 2.45) is 5.73 Å². The maximum Gasteiger partial charge on any atom is 0.286 e. The molecule has 0 fully saturated rings. The van der Waals surface area contributed by atoms with Crippen molar-refractivity contribution >= 4 is 16.9 Å². The zero-order valence-electron chi connectivity index (χ0n) is 8.51. The lowest BCUT2D eigenvalue weighted by Crippen LogP contribution is -2.16. The second-order valence-corrected chi connectivity index (χ2v) is 3.52. The Kier molecular flexibility index (Phi) is 2.11. The van der Waals surface area contributed by atoms with Crippen LogP contribution in [0.3, 0.4) is 0 Å². The Labute approximate surface area is 86.1 Å². The number of hydrogen-bond acceptors (Lipinski definition) is 4. The van der Waals surface area contributed by atoms with E-state index in [1.54, 1.807) is 17.1 Å². The molecule has 6 heteroatoms. The molecule has 0 aliphatic carbocycles. The van der Waals surface area contributed by atoms with Crippen LogP contribution in [0, 0.1) is 0 Å². The molecule has 78 valence electrons. The van der Waals surface area contributed by atoms with Crippen molar-refractivity contribution in [1.29, 1.82) is 0 Å². The molecule has 2 aromatic heterocycles. The number of amides is 1. The Bertz CT molecular complexity index is 516. The van der Waals surface area contributed by atoms with Crippen molar-refractivity contribution in [2.75, 3.05) is 0 Å². The summed E-state index contributed by atoms with van der Waals surface area (Å²) in [5.74, 6) is -0.613. The van der Waals surface area contributed by atoms with Crippen LogP contribution in [0.25, 0.3) is 11.0 Å². The van der Waals surface area contributed by atoms with Crippen LogP contribution in [0.2, 0.25) is 0 Å². The third kappa shape index (κ3) is 1.54. The average molecular weight is 205 g/mol. The van der Waals surface area contributed by atoms with E-state index < -0.39 is 5.91 Å². The number of carbonyl (C=O) groups excluding carboxylic acids is 1. The van der Waals surface area contributed by atoms with Crippen molar-refractivity contribution in [2.45, 2.75) is 19.9 Å². The summed E-state index contributed by atoms with van der Waals surface area (Å²) in [6.07, 6.45) is 3.22. The summed E-state index contributed by atoms with van der Waals surface area (Å²) in [4.78, 5) is 18.8. The largest absolute Gasteiger partial charge is 0.363 e. The summed E-state index contributed by atoms with van der Waals surface area (Å²) in [6.45, 7) is 3.97. The molecular weight excluding hydrogens is 194 g/mol. The smallest absolute Gasteiger partial charge is 0.286 e. The number of hydrogen-bond donors (Lipinski definition) is 1. The molecule has 0 saturated heterocycles. The first-order valence-electron chi connectivity index (χ1n) is 4.59. The van der Waals surface area contributed by atoms with Crippen LogP contribution in [0.15, 0.2) is 12.4 Å². The molecule has 6 nitrogen and oxygen atoms in total. The quantitative estimate of drug-likeness (QED) is 0.773. The molecule has 1 amide bonds. The second-order valence-electron chi connectivity index (χ2n) is 3.52. The molecule has 0 saturated carbocycles. The fourth-order valence-corrected chi connectivity index (χ4v) is 1.33. The van der Waals surface area contributed by atoms with Gasteiger partial charge in [0.2, 0.25) is 5.82 Å². The maximum atomic E-state index is 10.9. The van der Waals surface area contributed by atoms with Crippen molar-refractivity contribution in [3.8, 4) is 0 Å². The van der Waals surface area contributed by atoms with Crippen LogP contribution in [0.5, 0.6) is 0 Å². The summed E-state index contributed by atoms with van der Waals surface area (Å²) in [5.41, 5.74) is 5.74. The number of fused-ring (bicyclic) bond motifs is 1. The third-order valence-corrected chi connectivity index (χ3v) is 2.04. The molecule has 2 aromatic rings. The van der Waals surface area contributed by atoms with Crippen LogP contribution < -0.4 is 5.73 Å². The lowest BCUT2D eigenvalue weighted by atomic mass is 10.4. The molecule has 2 rings (SSSR count). The van der Waals surface area contributed by atoms with Gasteiger partial charge in [-0.3, -0.25) is 4.79 Å². The summed E-state index contributed by atoms with van der Waals surface area (Å²) >= 11 is 0. The van der Waals surface area contributed by atoms with Gasteiger partial charge < -0.3 is 5.73 Å². The van der Waals surface area contributed by atoms with E-state index in [0.29, 0.717) is 5.65 Å². The maximum absolute atomic E-state index is 10.9. The highest BCUT2D eigenvalue weighted by Gasteiger charge is 2.11. The van der Waals surface area contributed by atoms with E-state index in [1.807, 2.05) is 13.8 Å². The molecule has 2 N–H and O–H groups in total. The SMILES string of the molecule is CC(C)n1ncc2cnc(C(N)=O)nc21. The zero-order chi connectivity index (χ0) is 11.0. The lowest BCUT2D eigenvalue weighted by Gasteiger charge is -2.05. The van der Waals surface area contributed by atoms with Crippen LogP contribution in [0.1, 0.15) is 30.5 Å². The normalized spacial score (nSPS) is 11.1. The van der Waals surface area contributed by atoms with Gasteiger partial charge in [-0.25, -0.2) is 14.6 Å². The van der Waals surface area contributed by atoms with Gasteiger partial charge in [0.25, 0.3) is 5.91 Å². The van der Waals surface area contributed by atoms with E-state index in [1.165, 1.54) is 0 Å². The molecule has 0 spiro atoms. The first kappa shape index (κ1) is 9.57. The van der Waals surface area contributed by atoms with Crippen LogP contribution in [-0.2, 0) is 0 Å². The van der Waals surface area contributed by atoms with E-state index in [2.05, 4.69) is 15.1 Å². The summed E-state index contributed by atoms with van der Waals surface area (Å²) in [5, 5.41) is 4.96. The van der Waals surface area contributed by atoms with Gasteiger partial charge in [0.15, 0.2) is 5.65 Å². The van der Waals surface area contributed by atoms with E-state index in [4.69, 9.17) is 5.73 Å². The highest BCUT2D eigenvalue weighted by Crippen LogP contribution is 2.14. The molecule has 0 bridgehead atoms. The Morgan fingerprint density at radius 2 is 2.20 bits per heavy atom. The van der Waals surface area contributed by atoms with Gasteiger partial charge in [-0.15, -0.1) is 0 Å². The topological polar surface area (TPSA) is 86.7 Å². The number of nitrogens with zero attached hydrogens (tertiary/aromatic N) is 4. The molecule has 15 heavy (non-hydrogen) atoms. The van der Waals surface area contributed by atoms with Gasteiger partial charge in [0.05, 0.1) is 11.6 Å². The summed E-state index contributed by atoms with van der Waals surface area (Å²) < 4.78 is 1.73. The predicted octanol–water partition coefficient (Wildman–Crippen LogP) is 0.506. The van der Waals surface area contributed by atoms with Gasteiger partial charge >= 0.3 is 0 Å². The Hall–Kier alpha value is -1.98.